The second-order valence-corrected chi connectivity index (χ2v) is 6.11. The number of ether oxygens (including phenoxy) is 1. The van der Waals surface area contributed by atoms with Gasteiger partial charge in [-0.3, -0.25) is 9.59 Å². The molecule has 6 nitrogen and oxygen atoms in total. The van der Waals surface area contributed by atoms with Gasteiger partial charge in [-0.1, -0.05) is 27.7 Å². The second-order valence-electron chi connectivity index (χ2n) is 6.11. The van der Waals surface area contributed by atoms with Crippen LogP contribution in [0.5, 0.6) is 0 Å². The van der Waals surface area contributed by atoms with Crippen LogP contribution in [0.2, 0.25) is 0 Å². The number of carbonyl (C=O) groups excluding carboxylic acids is 2. The van der Waals surface area contributed by atoms with Gasteiger partial charge < -0.3 is 10.1 Å². The molecule has 0 radical (unpaired) electrons. The Morgan fingerprint density at radius 3 is 2.20 bits per heavy atom. The second kappa shape index (κ2) is 12.1. The summed E-state index contributed by atoms with van der Waals surface area (Å²) in [7, 11) is 0. The molecule has 1 N–H and O–H groups in total. The lowest BCUT2D eigenvalue weighted by molar-refractivity contribution is -0.139. The Balaban J connectivity index is 5.24. The number of nitrogens with one attached hydrogen (secondary N) is 1. The number of hydrogen-bond donors (Lipinski definition) is 1. The fourth-order valence-electron chi connectivity index (χ4n) is 1.63. The molecule has 0 rings (SSSR count). The average Bonchev–Trinajstić information content (AvgIpc) is 2.53. The van der Waals surface area contributed by atoms with Crippen LogP contribution in [0.4, 0.5) is 0 Å². The summed E-state index contributed by atoms with van der Waals surface area (Å²) in [5.41, 5.74) is 0.494. The molecular formula is C19H29N3O3. The number of allylic oxidation sites excluding steroid dienone is 3. The van der Waals surface area contributed by atoms with Crippen molar-refractivity contribution in [3.63, 3.8) is 0 Å². The highest BCUT2D eigenvalue weighted by molar-refractivity contribution is 5.93. The van der Waals surface area contributed by atoms with E-state index in [0.29, 0.717) is 23.6 Å². The average molecular weight is 347 g/mol. The molecule has 0 aliphatic carbocycles. The lowest BCUT2D eigenvalue weighted by Crippen LogP contribution is -2.07. The fraction of sp³-hybridized carbons (Fsp3) is 0.526. The molecule has 25 heavy (non-hydrogen) atoms. The Labute approximate surface area is 150 Å². The Bertz CT molecular complexity index is 599. The van der Waals surface area contributed by atoms with E-state index in [0.717, 1.165) is 6.21 Å². The van der Waals surface area contributed by atoms with E-state index in [9.17, 15) is 9.59 Å². The smallest absolute Gasteiger partial charge is 0.310 e. The van der Waals surface area contributed by atoms with E-state index in [1.165, 1.54) is 13.0 Å². The maximum Gasteiger partial charge on any atom is 0.310 e. The van der Waals surface area contributed by atoms with Crippen molar-refractivity contribution in [2.45, 2.75) is 54.4 Å². The normalized spacial score (nSPS) is 14.8. The van der Waals surface area contributed by atoms with Gasteiger partial charge in [-0.05, 0) is 31.8 Å². The summed E-state index contributed by atoms with van der Waals surface area (Å²) >= 11 is 0. The van der Waals surface area contributed by atoms with Gasteiger partial charge in [-0.2, -0.15) is 0 Å². The molecule has 0 bridgehead atoms. The third-order valence-corrected chi connectivity index (χ3v) is 3.14. The molecule has 0 amide bonds. The highest BCUT2D eigenvalue weighted by atomic mass is 16.5. The van der Waals surface area contributed by atoms with Crippen molar-refractivity contribution >= 4 is 30.4 Å². The summed E-state index contributed by atoms with van der Waals surface area (Å²) in [5, 5.41) is 7.16. The van der Waals surface area contributed by atoms with Crippen LogP contribution in [-0.2, 0) is 14.3 Å². The zero-order chi connectivity index (χ0) is 19.4. The van der Waals surface area contributed by atoms with E-state index in [1.54, 1.807) is 26.3 Å². The highest BCUT2D eigenvalue weighted by Crippen LogP contribution is 2.14. The molecule has 0 fully saturated rings. The molecule has 0 aromatic carbocycles. The van der Waals surface area contributed by atoms with Crippen LogP contribution in [0.15, 0.2) is 33.2 Å². The molecule has 0 saturated carbocycles. The van der Waals surface area contributed by atoms with Gasteiger partial charge in [0, 0.05) is 37.1 Å². The van der Waals surface area contributed by atoms with E-state index in [2.05, 4.69) is 9.98 Å². The van der Waals surface area contributed by atoms with Gasteiger partial charge in [-0.15, -0.1) is 0 Å². The Hall–Kier alpha value is -2.37. The molecular weight excluding hydrogens is 318 g/mol. The molecule has 0 aliphatic rings. The molecule has 138 valence electrons. The van der Waals surface area contributed by atoms with Gasteiger partial charge >= 0.3 is 5.97 Å². The van der Waals surface area contributed by atoms with E-state index < -0.39 is 0 Å². The zero-order valence-corrected chi connectivity index (χ0v) is 16.0. The van der Waals surface area contributed by atoms with Crippen LogP contribution in [0.1, 0.15) is 54.4 Å². The van der Waals surface area contributed by atoms with Crippen molar-refractivity contribution in [2.24, 2.45) is 21.8 Å². The first-order valence-corrected chi connectivity index (χ1v) is 8.41. The molecule has 1 atom stereocenters. The minimum atomic E-state index is -0.341. The van der Waals surface area contributed by atoms with Gasteiger partial charge in [0.1, 0.15) is 5.76 Å². The summed E-state index contributed by atoms with van der Waals surface area (Å²) in [6.45, 7) is 10.8. The first kappa shape index (κ1) is 22.6. The van der Waals surface area contributed by atoms with Crippen LogP contribution in [0.25, 0.3) is 0 Å². The monoisotopic (exact) mass is 347 g/mol. The standard InChI is InChI=1S/C19H29N3O3/c1-7-18(24)25-17(8-9-20)10-14(4)12-22-19(15(5)16(6)23)21-11-13(2)3/h8-9,11-14,20H,7,10H2,1-6H3/b17-8+,19-15-,20-9?,21-11-,22-12-. The Morgan fingerprint density at radius 1 is 1.12 bits per heavy atom. The highest BCUT2D eigenvalue weighted by Gasteiger charge is 2.10. The molecule has 0 aromatic heterocycles. The minimum absolute atomic E-state index is 0.0557. The largest absolute Gasteiger partial charge is 0.431 e. The van der Waals surface area contributed by atoms with Crippen molar-refractivity contribution in [1.82, 2.24) is 0 Å². The summed E-state index contributed by atoms with van der Waals surface area (Å²) in [4.78, 5) is 31.7. The van der Waals surface area contributed by atoms with Crippen LogP contribution < -0.4 is 0 Å². The van der Waals surface area contributed by atoms with Gasteiger partial charge in [0.2, 0.25) is 0 Å². The van der Waals surface area contributed by atoms with E-state index in [1.807, 2.05) is 20.8 Å². The molecule has 0 spiro atoms. The van der Waals surface area contributed by atoms with Gasteiger partial charge in [0.25, 0.3) is 0 Å². The number of ketones is 1. The molecule has 6 heteroatoms. The Kier molecular flexibility index (Phi) is 10.9. The number of rotatable bonds is 10. The maximum atomic E-state index is 11.6. The third kappa shape index (κ3) is 10.2. The number of aliphatic imine (C=N–C) groups is 2. The van der Waals surface area contributed by atoms with Crippen LogP contribution >= 0.6 is 0 Å². The van der Waals surface area contributed by atoms with Crippen LogP contribution in [-0.4, -0.2) is 30.4 Å². The molecule has 0 heterocycles. The number of esters is 1. The van der Waals surface area contributed by atoms with Crippen LogP contribution in [0.3, 0.4) is 0 Å². The molecule has 1 unspecified atom stereocenters. The van der Waals surface area contributed by atoms with Crippen LogP contribution in [0, 0.1) is 17.2 Å². The van der Waals surface area contributed by atoms with Gasteiger partial charge in [-0.25, -0.2) is 9.98 Å². The van der Waals surface area contributed by atoms with E-state index in [4.69, 9.17) is 10.1 Å². The lowest BCUT2D eigenvalue weighted by atomic mass is 10.1. The lowest BCUT2D eigenvalue weighted by Gasteiger charge is -2.10. The number of Topliss-reactive ketones (excluding diaryl/α,β-unsaturated/α-hetero) is 1. The SMILES string of the molecule is CCC(=O)O/C(=C/C=N)CC(C)\C=N/C(/N=C\C(C)C)=C(/C)C(C)=O. The predicted octanol–water partition coefficient (Wildman–Crippen LogP) is 4.12. The Morgan fingerprint density at radius 2 is 1.72 bits per heavy atom. The minimum Gasteiger partial charge on any atom is -0.431 e. The van der Waals surface area contributed by atoms with Crippen molar-refractivity contribution < 1.29 is 14.3 Å². The molecule has 0 saturated heterocycles. The quantitative estimate of drug-likeness (QED) is 0.279. The first-order valence-electron chi connectivity index (χ1n) is 8.41. The zero-order valence-electron chi connectivity index (χ0n) is 16.0. The third-order valence-electron chi connectivity index (χ3n) is 3.14. The topological polar surface area (TPSA) is 91.9 Å². The first-order chi connectivity index (χ1) is 11.7. The van der Waals surface area contributed by atoms with Crippen molar-refractivity contribution in [3.05, 3.63) is 23.2 Å². The summed E-state index contributed by atoms with van der Waals surface area (Å²) in [6, 6.07) is 0. The van der Waals surface area contributed by atoms with E-state index >= 15 is 0 Å². The molecule has 0 aliphatic heterocycles. The predicted molar refractivity (Wildman–Crippen MR) is 102 cm³/mol. The maximum absolute atomic E-state index is 11.6. The van der Waals surface area contributed by atoms with Crippen molar-refractivity contribution in [2.75, 3.05) is 0 Å². The molecule has 0 aromatic rings. The fourth-order valence-corrected chi connectivity index (χ4v) is 1.63. The summed E-state index contributed by atoms with van der Waals surface area (Å²) in [6.07, 6.45) is 6.65. The van der Waals surface area contributed by atoms with Gasteiger partial charge in [0.05, 0.1) is 0 Å². The van der Waals surface area contributed by atoms with Gasteiger partial charge in [0.15, 0.2) is 11.6 Å². The number of carbonyl (C=O) groups is 2. The van der Waals surface area contributed by atoms with Crippen molar-refractivity contribution in [1.29, 1.82) is 5.41 Å². The number of hydrogen-bond acceptors (Lipinski definition) is 6. The van der Waals surface area contributed by atoms with Crippen molar-refractivity contribution in [3.8, 4) is 0 Å². The summed E-state index contributed by atoms with van der Waals surface area (Å²) < 4.78 is 5.20. The summed E-state index contributed by atoms with van der Waals surface area (Å²) in [5.74, 6) is 0.572. The number of nitrogens with zero attached hydrogens (tertiary/aromatic N) is 2. The van der Waals surface area contributed by atoms with E-state index in [-0.39, 0.29) is 30.0 Å².